The van der Waals surface area contributed by atoms with Crippen LogP contribution in [0.25, 0.3) is 10.8 Å². The van der Waals surface area contributed by atoms with Crippen molar-refractivity contribution in [2.75, 3.05) is 37.0 Å². The minimum atomic E-state index is -0.0361. The molecular weight excluding hydrogens is 438 g/mol. The zero-order valence-corrected chi connectivity index (χ0v) is 19.3. The van der Waals surface area contributed by atoms with E-state index in [9.17, 15) is 4.79 Å². The number of nitrogens with zero attached hydrogens (tertiary/aromatic N) is 4. The molecule has 1 N–H and O–H groups in total. The van der Waals surface area contributed by atoms with Crippen LogP contribution >= 0.6 is 11.6 Å². The fraction of sp³-hybridized carbons (Fsp3) is 0.320. The first-order valence-electron chi connectivity index (χ1n) is 11.1. The lowest BCUT2D eigenvalue weighted by Crippen LogP contribution is -2.34. The van der Waals surface area contributed by atoms with E-state index in [1.165, 1.54) is 6.08 Å². The summed E-state index contributed by atoms with van der Waals surface area (Å²) >= 11 is 6.58. The molecule has 0 saturated carbocycles. The minimum absolute atomic E-state index is 0.0361. The Kier molecular flexibility index (Phi) is 5.81. The predicted octanol–water partition coefficient (Wildman–Crippen LogP) is 4.05. The number of benzene rings is 2. The van der Waals surface area contributed by atoms with Gasteiger partial charge in [0.25, 0.3) is 0 Å². The Morgan fingerprint density at radius 2 is 2.06 bits per heavy atom. The summed E-state index contributed by atoms with van der Waals surface area (Å²) in [5.41, 5.74) is 3.15. The lowest BCUT2D eigenvalue weighted by atomic mass is 10.0. The van der Waals surface area contributed by atoms with Crippen LogP contribution in [0.15, 0.2) is 49.1 Å². The van der Waals surface area contributed by atoms with Crippen molar-refractivity contribution in [3.05, 3.63) is 65.3 Å². The molecule has 3 heterocycles. The number of halogens is 1. The molecule has 1 aromatic heterocycles. The third kappa shape index (κ3) is 4.09. The summed E-state index contributed by atoms with van der Waals surface area (Å²) in [7, 11) is 1.58. The number of rotatable bonds is 5. The molecule has 33 heavy (non-hydrogen) atoms. The molecule has 0 spiro atoms. The monoisotopic (exact) mass is 463 g/mol. The Balaban J connectivity index is 1.44. The third-order valence-electron chi connectivity index (χ3n) is 6.42. The highest BCUT2D eigenvalue weighted by Gasteiger charge is 2.29. The van der Waals surface area contributed by atoms with Crippen molar-refractivity contribution in [3.8, 4) is 6.01 Å². The van der Waals surface area contributed by atoms with Gasteiger partial charge in [0.1, 0.15) is 5.82 Å². The fourth-order valence-corrected chi connectivity index (χ4v) is 5.04. The number of hydrogen-bond donors (Lipinski definition) is 1. The number of aromatic nitrogens is 2. The largest absolute Gasteiger partial charge is 0.467 e. The van der Waals surface area contributed by atoms with Crippen molar-refractivity contribution in [2.45, 2.75) is 25.4 Å². The Hall–Kier alpha value is -3.32. The molecule has 7 nitrogen and oxygen atoms in total. The molecule has 2 aliphatic rings. The molecule has 2 aliphatic heterocycles. The number of ether oxygens (including phenoxy) is 1. The van der Waals surface area contributed by atoms with Crippen molar-refractivity contribution >= 4 is 39.8 Å². The van der Waals surface area contributed by atoms with Gasteiger partial charge < -0.3 is 19.9 Å². The second kappa shape index (κ2) is 8.90. The minimum Gasteiger partial charge on any atom is -0.467 e. The number of hydrogen-bond acceptors (Lipinski definition) is 6. The van der Waals surface area contributed by atoms with Gasteiger partial charge in [-0.3, -0.25) is 4.79 Å². The second-order valence-corrected chi connectivity index (χ2v) is 8.80. The number of carbonyl (C=O) groups excluding carboxylic acids is 1. The van der Waals surface area contributed by atoms with E-state index in [0.29, 0.717) is 25.6 Å². The third-order valence-corrected chi connectivity index (χ3v) is 6.73. The van der Waals surface area contributed by atoms with E-state index in [-0.39, 0.29) is 11.9 Å². The Morgan fingerprint density at radius 3 is 2.85 bits per heavy atom. The summed E-state index contributed by atoms with van der Waals surface area (Å²) in [5.74, 6) is 0.761. The first-order chi connectivity index (χ1) is 16.1. The van der Waals surface area contributed by atoms with Gasteiger partial charge in [-0.15, -0.1) is 0 Å². The number of anilines is 2. The van der Waals surface area contributed by atoms with Crippen molar-refractivity contribution in [3.63, 3.8) is 0 Å². The average molecular weight is 464 g/mol. The molecule has 0 aliphatic carbocycles. The van der Waals surface area contributed by atoms with Gasteiger partial charge in [-0.25, -0.2) is 0 Å². The summed E-state index contributed by atoms with van der Waals surface area (Å²) < 4.78 is 5.41. The number of likely N-dealkylation sites (tertiary alicyclic amines) is 1. The summed E-state index contributed by atoms with van der Waals surface area (Å²) in [6.07, 6.45) is 3.03. The molecule has 1 saturated heterocycles. The SMILES string of the molecule is C=CC(=O)N1CCC(Nc2nc(OC)nc3c2CCN(c2cccc4cccc(Cl)c24)C3)C1. The van der Waals surface area contributed by atoms with E-state index in [2.05, 4.69) is 51.0 Å². The lowest BCUT2D eigenvalue weighted by Gasteiger charge is -2.32. The highest BCUT2D eigenvalue weighted by molar-refractivity contribution is 6.36. The number of methoxy groups -OCH3 is 1. The van der Waals surface area contributed by atoms with E-state index < -0.39 is 0 Å². The lowest BCUT2D eigenvalue weighted by molar-refractivity contribution is -0.125. The van der Waals surface area contributed by atoms with Crippen LogP contribution in [0.2, 0.25) is 5.02 Å². The van der Waals surface area contributed by atoms with E-state index >= 15 is 0 Å². The number of carbonyl (C=O) groups is 1. The van der Waals surface area contributed by atoms with Crippen LogP contribution < -0.4 is 15.0 Å². The molecule has 1 fully saturated rings. The van der Waals surface area contributed by atoms with Crippen LogP contribution in [-0.2, 0) is 17.8 Å². The van der Waals surface area contributed by atoms with Crippen molar-refractivity contribution in [1.29, 1.82) is 0 Å². The predicted molar refractivity (Wildman–Crippen MR) is 131 cm³/mol. The average Bonchev–Trinajstić information content (AvgIpc) is 3.31. The maximum atomic E-state index is 12.0. The van der Waals surface area contributed by atoms with E-state index in [1.807, 2.05) is 17.0 Å². The summed E-state index contributed by atoms with van der Waals surface area (Å²) in [6, 6.07) is 12.7. The van der Waals surface area contributed by atoms with Crippen molar-refractivity contribution in [1.82, 2.24) is 14.9 Å². The van der Waals surface area contributed by atoms with Gasteiger partial charge in [0, 0.05) is 42.3 Å². The van der Waals surface area contributed by atoms with Gasteiger partial charge >= 0.3 is 6.01 Å². The van der Waals surface area contributed by atoms with Crippen LogP contribution in [0.1, 0.15) is 17.7 Å². The molecule has 8 heteroatoms. The van der Waals surface area contributed by atoms with E-state index in [4.69, 9.17) is 16.3 Å². The van der Waals surface area contributed by atoms with Gasteiger partial charge in [0.15, 0.2) is 0 Å². The zero-order chi connectivity index (χ0) is 22.9. The van der Waals surface area contributed by atoms with Gasteiger partial charge in [-0.05, 0) is 36.4 Å². The van der Waals surface area contributed by atoms with Crippen LogP contribution in [0.4, 0.5) is 11.5 Å². The van der Waals surface area contributed by atoms with Crippen molar-refractivity contribution in [2.24, 2.45) is 0 Å². The quantitative estimate of drug-likeness (QED) is 0.575. The van der Waals surface area contributed by atoms with Gasteiger partial charge in [-0.1, -0.05) is 42.4 Å². The van der Waals surface area contributed by atoms with E-state index in [0.717, 1.165) is 57.9 Å². The summed E-state index contributed by atoms with van der Waals surface area (Å²) in [6.45, 7) is 6.40. The topological polar surface area (TPSA) is 70.6 Å². The number of fused-ring (bicyclic) bond motifs is 2. The molecule has 0 bridgehead atoms. The Morgan fingerprint density at radius 1 is 1.24 bits per heavy atom. The first-order valence-corrected chi connectivity index (χ1v) is 11.5. The van der Waals surface area contributed by atoms with Crippen molar-refractivity contribution < 1.29 is 9.53 Å². The summed E-state index contributed by atoms with van der Waals surface area (Å²) in [5, 5.41) is 6.47. The van der Waals surface area contributed by atoms with Crippen LogP contribution in [0.3, 0.4) is 0 Å². The molecule has 3 aromatic rings. The number of nitrogens with one attached hydrogen (secondary N) is 1. The molecule has 1 atom stereocenters. The molecule has 1 amide bonds. The van der Waals surface area contributed by atoms with Crippen LogP contribution in [0.5, 0.6) is 6.01 Å². The van der Waals surface area contributed by atoms with E-state index in [1.54, 1.807) is 7.11 Å². The second-order valence-electron chi connectivity index (χ2n) is 8.39. The molecule has 0 radical (unpaired) electrons. The molecular formula is C25H26ClN5O2. The highest BCUT2D eigenvalue weighted by atomic mass is 35.5. The Bertz CT molecular complexity index is 1230. The normalized spacial score (nSPS) is 17.7. The van der Waals surface area contributed by atoms with Crippen LogP contribution in [-0.4, -0.2) is 53.6 Å². The maximum absolute atomic E-state index is 12.0. The summed E-state index contributed by atoms with van der Waals surface area (Å²) in [4.78, 5) is 25.4. The van der Waals surface area contributed by atoms with Gasteiger partial charge in [0.2, 0.25) is 5.91 Å². The fourth-order valence-electron chi connectivity index (χ4n) is 4.76. The van der Waals surface area contributed by atoms with Gasteiger partial charge in [-0.2, -0.15) is 9.97 Å². The molecule has 2 aromatic carbocycles. The van der Waals surface area contributed by atoms with Gasteiger partial charge in [0.05, 0.1) is 24.4 Å². The maximum Gasteiger partial charge on any atom is 0.318 e. The highest BCUT2D eigenvalue weighted by Crippen LogP contribution is 2.36. The zero-order valence-electron chi connectivity index (χ0n) is 18.6. The molecule has 170 valence electrons. The molecule has 5 rings (SSSR count). The Labute approximate surface area is 198 Å². The van der Waals surface area contributed by atoms with Crippen LogP contribution in [0, 0.1) is 0 Å². The smallest absolute Gasteiger partial charge is 0.318 e. The molecule has 1 unspecified atom stereocenters. The standard InChI is InChI=1S/C25H26ClN5O2/c1-3-22(32)31-12-10-17(14-31)27-24-18-11-13-30(15-20(18)28-25(29-24)33-2)21-9-5-7-16-6-4-8-19(26)23(16)21/h3-9,17H,1,10-15H2,2H3,(H,27,28,29). The number of amides is 1. The first kappa shape index (κ1) is 21.5.